The van der Waals surface area contributed by atoms with Crippen LogP contribution >= 0.6 is 11.5 Å². The SMILES string of the molecule is O=C(O)CCc1ccns1. The van der Waals surface area contributed by atoms with Crippen LogP contribution in [0.3, 0.4) is 0 Å². The fourth-order valence-corrected chi connectivity index (χ4v) is 1.17. The molecular weight excluding hydrogens is 150 g/mol. The van der Waals surface area contributed by atoms with Crippen molar-refractivity contribution in [3.63, 3.8) is 0 Å². The molecule has 0 aliphatic carbocycles. The van der Waals surface area contributed by atoms with Crippen molar-refractivity contribution in [2.45, 2.75) is 12.8 Å². The van der Waals surface area contributed by atoms with Crippen LogP contribution in [-0.4, -0.2) is 15.4 Å². The van der Waals surface area contributed by atoms with Crippen molar-refractivity contribution < 1.29 is 9.90 Å². The Morgan fingerprint density at radius 1 is 1.80 bits per heavy atom. The van der Waals surface area contributed by atoms with Crippen LogP contribution in [0.15, 0.2) is 12.3 Å². The molecular formula is C6H7NO2S. The summed E-state index contributed by atoms with van der Waals surface area (Å²) in [6, 6.07) is 1.84. The summed E-state index contributed by atoms with van der Waals surface area (Å²) in [6.07, 6.45) is 2.48. The molecule has 4 heteroatoms. The number of aromatic nitrogens is 1. The zero-order valence-electron chi connectivity index (χ0n) is 5.28. The van der Waals surface area contributed by atoms with E-state index in [1.807, 2.05) is 6.07 Å². The zero-order valence-corrected chi connectivity index (χ0v) is 6.10. The molecule has 0 fully saturated rings. The second kappa shape index (κ2) is 3.31. The smallest absolute Gasteiger partial charge is 0.303 e. The van der Waals surface area contributed by atoms with E-state index in [0.717, 1.165) is 4.88 Å². The highest BCUT2D eigenvalue weighted by molar-refractivity contribution is 7.05. The van der Waals surface area contributed by atoms with Gasteiger partial charge in [-0.2, -0.15) is 0 Å². The highest BCUT2D eigenvalue weighted by Crippen LogP contribution is 2.06. The van der Waals surface area contributed by atoms with Crippen molar-refractivity contribution in [1.29, 1.82) is 0 Å². The Labute approximate surface area is 62.5 Å². The molecule has 0 spiro atoms. The van der Waals surface area contributed by atoms with Gasteiger partial charge in [0.25, 0.3) is 0 Å². The topological polar surface area (TPSA) is 50.2 Å². The maximum absolute atomic E-state index is 10.1. The zero-order chi connectivity index (χ0) is 7.40. The van der Waals surface area contributed by atoms with Crippen molar-refractivity contribution in [2.24, 2.45) is 0 Å². The lowest BCUT2D eigenvalue weighted by molar-refractivity contribution is -0.136. The lowest BCUT2D eigenvalue weighted by Crippen LogP contribution is -1.95. The van der Waals surface area contributed by atoms with E-state index < -0.39 is 5.97 Å². The van der Waals surface area contributed by atoms with E-state index in [-0.39, 0.29) is 6.42 Å². The molecule has 54 valence electrons. The van der Waals surface area contributed by atoms with Gasteiger partial charge in [-0.15, -0.1) is 0 Å². The van der Waals surface area contributed by atoms with Crippen LogP contribution in [0.4, 0.5) is 0 Å². The summed E-state index contributed by atoms with van der Waals surface area (Å²) < 4.78 is 3.85. The van der Waals surface area contributed by atoms with Gasteiger partial charge in [0.2, 0.25) is 0 Å². The van der Waals surface area contributed by atoms with E-state index in [2.05, 4.69) is 4.37 Å². The summed E-state index contributed by atoms with van der Waals surface area (Å²) in [6.45, 7) is 0. The van der Waals surface area contributed by atoms with Crippen LogP contribution < -0.4 is 0 Å². The molecule has 3 nitrogen and oxygen atoms in total. The Balaban J connectivity index is 2.35. The first-order valence-corrected chi connectivity index (χ1v) is 3.68. The third-order valence-corrected chi connectivity index (χ3v) is 1.88. The Bertz CT molecular complexity index is 208. The van der Waals surface area contributed by atoms with Gasteiger partial charge in [0.15, 0.2) is 0 Å². The van der Waals surface area contributed by atoms with Crippen LogP contribution in [0.25, 0.3) is 0 Å². The van der Waals surface area contributed by atoms with E-state index in [1.165, 1.54) is 11.5 Å². The number of hydrogen-bond donors (Lipinski definition) is 1. The number of hydrogen-bond acceptors (Lipinski definition) is 3. The molecule has 1 aromatic rings. The molecule has 10 heavy (non-hydrogen) atoms. The highest BCUT2D eigenvalue weighted by atomic mass is 32.1. The molecule has 1 rings (SSSR count). The molecule has 1 heterocycles. The Hall–Kier alpha value is -0.900. The molecule has 0 bridgehead atoms. The number of rotatable bonds is 3. The molecule has 0 saturated heterocycles. The van der Waals surface area contributed by atoms with Gasteiger partial charge in [-0.3, -0.25) is 4.79 Å². The minimum absolute atomic E-state index is 0.197. The second-order valence-corrected chi connectivity index (χ2v) is 2.79. The lowest BCUT2D eigenvalue weighted by Gasteiger charge is -1.88. The predicted molar refractivity (Wildman–Crippen MR) is 38.1 cm³/mol. The van der Waals surface area contributed by atoms with Crippen molar-refractivity contribution in [3.8, 4) is 0 Å². The maximum Gasteiger partial charge on any atom is 0.303 e. The maximum atomic E-state index is 10.1. The van der Waals surface area contributed by atoms with E-state index in [0.29, 0.717) is 6.42 Å². The summed E-state index contributed by atoms with van der Waals surface area (Å²) in [4.78, 5) is 11.1. The fraction of sp³-hybridized carbons (Fsp3) is 0.333. The number of carboxylic acids is 1. The number of carbonyl (C=O) groups is 1. The molecule has 1 N–H and O–H groups in total. The van der Waals surface area contributed by atoms with Gasteiger partial charge >= 0.3 is 5.97 Å². The fourth-order valence-electron chi connectivity index (χ4n) is 0.601. The summed E-state index contributed by atoms with van der Waals surface area (Å²) in [5, 5.41) is 8.30. The first-order valence-electron chi connectivity index (χ1n) is 2.90. The van der Waals surface area contributed by atoms with Crippen molar-refractivity contribution >= 4 is 17.5 Å². The van der Waals surface area contributed by atoms with E-state index in [1.54, 1.807) is 6.20 Å². The van der Waals surface area contributed by atoms with Crippen LogP contribution in [0.1, 0.15) is 11.3 Å². The van der Waals surface area contributed by atoms with Gasteiger partial charge in [0.05, 0.1) is 6.42 Å². The number of aliphatic carboxylic acids is 1. The third-order valence-electron chi connectivity index (χ3n) is 1.08. The molecule has 0 saturated carbocycles. The number of aryl methyl sites for hydroxylation is 1. The lowest BCUT2D eigenvalue weighted by atomic mass is 10.3. The largest absolute Gasteiger partial charge is 0.481 e. The van der Waals surface area contributed by atoms with Crippen LogP contribution in [0.5, 0.6) is 0 Å². The molecule has 0 atom stereocenters. The Morgan fingerprint density at radius 2 is 2.60 bits per heavy atom. The van der Waals surface area contributed by atoms with Crippen LogP contribution in [0, 0.1) is 0 Å². The first kappa shape index (κ1) is 7.21. The van der Waals surface area contributed by atoms with Crippen LogP contribution in [-0.2, 0) is 11.2 Å². The van der Waals surface area contributed by atoms with Gasteiger partial charge in [-0.25, -0.2) is 4.37 Å². The van der Waals surface area contributed by atoms with Crippen molar-refractivity contribution in [2.75, 3.05) is 0 Å². The van der Waals surface area contributed by atoms with Gasteiger partial charge in [0.1, 0.15) is 0 Å². The molecule has 0 unspecified atom stereocenters. The van der Waals surface area contributed by atoms with Gasteiger partial charge < -0.3 is 5.11 Å². The molecule has 0 amide bonds. The molecule has 1 aromatic heterocycles. The number of nitrogens with zero attached hydrogens (tertiary/aromatic N) is 1. The van der Waals surface area contributed by atoms with E-state index in [4.69, 9.17) is 5.11 Å². The monoisotopic (exact) mass is 157 g/mol. The summed E-state index contributed by atoms with van der Waals surface area (Å²) in [7, 11) is 0. The minimum Gasteiger partial charge on any atom is -0.481 e. The normalized spacial score (nSPS) is 9.60. The summed E-state index contributed by atoms with van der Waals surface area (Å²) in [5.74, 6) is -0.756. The molecule has 0 radical (unpaired) electrons. The van der Waals surface area contributed by atoms with Crippen molar-refractivity contribution in [3.05, 3.63) is 17.1 Å². The summed E-state index contributed by atoms with van der Waals surface area (Å²) in [5.41, 5.74) is 0. The molecule has 0 aromatic carbocycles. The number of carboxylic acid groups (broad SMARTS) is 1. The third kappa shape index (κ3) is 2.14. The van der Waals surface area contributed by atoms with E-state index >= 15 is 0 Å². The second-order valence-electron chi connectivity index (χ2n) is 1.87. The quantitative estimate of drug-likeness (QED) is 0.716. The summed E-state index contributed by atoms with van der Waals surface area (Å²) >= 11 is 1.35. The van der Waals surface area contributed by atoms with Gasteiger partial charge in [0, 0.05) is 11.1 Å². The van der Waals surface area contributed by atoms with Crippen molar-refractivity contribution in [1.82, 2.24) is 4.37 Å². The van der Waals surface area contributed by atoms with Gasteiger partial charge in [-0.1, -0.05) is 0 Å². The minimum atomic E-state index is -0.756. The predicted octanol–water partition coefficient (Wildman–Crippen LogP) is 1.16. The van der Waals surface area contributed by atoms with Gasteiger partial charge in [-0.05, 0) is 24.0 Å². The molecule has 0 aliphatic heterocycles. The van der Waals surface area contributed by atoms with Crippen LogP contribution in [0.2, 0.25) is 0 Å². The molecule has 0 aliphatic rings. The standard InChI is InChI=1S/C6H7NO2S/c8-6(9)2-1-5-3-4-7-10-5/h3-4H,1-2H2,(H,8,9). The Morgan fingerprint density at radius 3 is 3.10 bits per heavy atom. The highest BCUT2D eigenvalue weighted by Gasteiger charge is 1.98. The average molecular weight is 157 g/mol. The Kier molecular flexibility index (Phi) is 2.39. The average Bonchev–Trinajstić information content (AvgIpc) is 2.34. The first-order chi connectivity index (χ1) is 4.79. The van der Waals surface area contributed by atoms with E-state index in [9.17, 15) is 4.79 Å².